The molecule has 24 heavy (non-hydrogen) atoms. The molecule has 1 aromatic carbocycles. The van der Waals surface area contributed by atoms with E-state index in [0.717, 1.165) is 4.31 Å². The van der Waals surface area contributed by atoms with Crippen LogP contribution in [0.3, 0.4) is 0 Å². The number of hydrogen-bond acceptors (Lipinski definition) is 5. The molecule has 2 aromatic rings. The number of benzene rings is 1. The maximum atomic E-state index is 12.0. The highest BCUT2D eigenvalue weighted by molar-refractivity contribution is 7.89. The zero-order chi connectivity index (χ0) is 17.7. The summed E-state index contributed by atoms with van der Waals surface area (Å²) in [4.78, 5) is 11.8. The summed E-state index contributed by atoms with van der Waals surface area (Å²) in [5, 5.41) is 2.73. The van der Waals surface area contributed by atoms with Gasteiger partial charge < -0.3 is 14.5 Å². The second-order valence-corrected chi connectivity index (χ2v) is 7.58. The second-order valence-electron chi connectivity index (χ2n) is 5.02. The molecule has 2 rings (SSSR count). The summed E-state index contributed by atoms with van der Waals surface area (Å²) in [6.07, 6.45) is 1.51. The van der Waals surface area contributed by atoms with Crippen LogP contribution < -0.4 is 10.1 Å². The summed E-state index contributed by atoms with van der Waals surface area (Å²) in [7, 11) is -0.722. The molecule has 130 valence electrons. The Kier molecular flexibility index (Phi) is 5.87. The van der Waals surface area contributed by atoms with E-state index in [0.29, 0.717) is 5.76 Å². The highest BCUT2D eigenvalue weighted by Gasteiger charge is 2.19. The molecule has 1 aromatic heterocycles. The quantitative estimate of drug-likeness (QED) is 0.801. The molecule has 1 heterocycles. The van der Waals surface area contributed by atoms with Crippen LogP contribution in [-0.4, -0.2) is 39.3 Å². The lowest BCUT2D eigenvalue weighted by molar-refractivity contribution is -0.123. The summed E-state index contributed by atoms with van der Waals surface area (Å²) in [5.41, 5.74) is 0. The molecule has 1 amide bonds. The molecule has 0 spiro atoms. The van der Waals surface area contributed by atoms with Gasteiger partial charge in [-0.3, -0.25) is 4.79 Å². The number of carbonyl (C=O) groups is 1. The van der Waals surface area contributed by atoms with Crippen molar-refractivity contribution in [3.8, 4) is 5.75 Å². The van der Waals surface area contributed by atoms with Gasteiger partial charge in [0.1, 0.15) is 11.5 Å². The van der Waals surface area contributed by atoms with Crippen molar-refractivity contribution in [3.05, 3.63) is 47.4 Å². The van der Waals surface area contributed by atoms with E-state index in [9.17, 15) is 13.2 Å². The van der Waals surface area contributed by atoms with Crippen molar-refractivity contribution in [2.45, 2.75) is 11.4 Å². The first-order valence-electron chi connectivity index (χ1n) is 6.94. The number of sulfonamides is 1. The minimum absolute atomic E-state index is 0.0483. The van der Waals surface area contributed by atoms with Crippen molar-refractivity contribution in [2.24, 2.45) is 0 Å². The molecule has 0 saturated carbocycles. The zero-order valence-electron chi connectivity index (χ0n) is 13.2. The molecule has 0 atom stereocenters. The first-order chi connectivity index (χ1) is 11.3. The molecular weight excluding hydrogens is 356 g/mol. The maximum Gasteiger partial charge on any atom is 0.258 e. The predicted molar refractivity (Wildman–Crippen MR) is 88.4 cm³/mol. The fraction of sp³-hybridized carbons (Fsp3) is 0.267. The summed E-state index contributed by atoms with van der Waals surface area (Å²) in [6, 6.07) is 7.53. The van der Waals surface area contributed by atoms with Gasteiger partial charge in [0.2, 0.25) is 10.0 Å². The molecule has 9 heteroatoms. The van der Waals surface area contributed by atoms with Crippen LogP contribution in [0.4, 0.5) is 0 Å². The number of halogens is 1. The number of nitrogens with zero attached hydrogens (tertiary/aromatic N) is 1. The van der Waals surface area contributed by atoms with E-state index in [1.807, 2.05) is 0 Å². The van der Waals surface area contributed by atoms with Gasteiger partial charge in [-0.15, -0.1) is 0 Å². The third-order valence-electron chi connectivity index (χ3n) is 3.08. The fourth-order valence-corrected chi connectivity index (χ4v) is 2.99. The average Bonchev–Trinajstić information content (AvgIpc) is 3.04. The van der Waals surface area contributed by atoms with Crippen molar-refractivity contribution >= 4 is 27.5 Å². The third-order valence-corrected chi connectivity index (χ3v) is 5.19. The van der Waals surface area contributed by atoms with Gasteiger partial charge in [-0.25, -0.2) is 12.7 Å². The van der Waals surface area contributed by atoms with Crippen LogP contribution in [0.1, 0.15) is 5.76 Å². The molecule has 7 nitrogen and oxygen atoms in total. The van der Waals surface area contributed by atoms with Crippen molar-refractivity contribution in [2.75, 3.05) is 20.7 Å². The molecule has 0 fully saturated rings. The summed E-state index contributed by atoms with van der Waals surface area (Å²) < 4.78 is 35.5. The lowest BCUT2D eigenvalue weighted by Gasteiger charge is -2.13. The smallest absolute Gasteiger partial charge is 0.258 e. The van der Waals surface area contributed by atoms with E-state index in [2.05, 4.69) is 5.32 Å². The van der Waals surface area contributed by atoms with Crippen molar-refractivity contribution < 1.29 is 22.4 Å². The number of carbonyl (C=O) groups excluding carboxylic acids is 1. The number of rotatable bonds is 7. The molecule has 1 N–H and O–H groups in total. The largest absolute Gasteiger partial charge is 0.482 e. The number of ether oxygens (including phenoxy) is 1. The number of furan rings is 1. The molecular formula is C15H17ClN2O5S. The monoisotopic (exact) mass is 372 g/mol. The molecule has 0 saturated heterocycles. The van der Waals surface area contributed by atoms with E-state index < -0.39 is 10.0 Å². The normalized spacial score (nSPS) is 11.5. The first kappa shape index (κ1) is 18.3. The van der Waals surface area contributed by atoms with Crippen LogP contribution in [0.2, 0.25) is 5.02 Å². The standard InChI is InChI=1S/C15H17ClN2O5S/c1-18(2)24(20,21)12-5-6-14(13(16)8-12)23-10-15(19)17-9-11-4-3-7-22-11/h3-8H,9-10H2,1-2H3,(H,17,19). The van der Waals surface area contributed by atoms with E-state index >= 15 is 0 Å². The van der Waals surface area contributed by atoms with E-state index in [1.54, 1.807) is 12.1 Å². The Balaban J connectivity index is 1.94. The van der Waals surface area contributed by atoms with Gasteiger partial charge in [0.25, 0.3) is 5.91 Å². The summed E-state index contributed by atoms with van der Waals surface area (Å²) in [6.45, 7) is 0.00312. The van der Waals surface area contributed by atoms with Crippen LogP contribution in [-0.2, 0) is 21.4 Å². The summed E-state index contributed by atoms with van der Waals surface area (Å²) >= 11 is 6.03. The van der Waals surface area contributed by atoms with Gasteiger partial charge >= 0.3 is 0 Å². The number of nitrogens with one attached hydrogen (secondary N) is 1. The molecule has 0 unspecified atom stereocenters. The lowest BCUT2D eigenvalue weighted by Crippen LogP contribution is -2.28. The Labute approximate surface area is 145 Å². The Hall–Kier alpha value is -2.03. The van der Waals surface area contributed by atoms with Gasteiger partial charge in [-0.05, 0) is 30.3 Å². The zero-order valence-corrected chi connectivity index (χ0v) is 14.7. The molecule has 0 aliphatic heterocycles. The number of amides is 1. The van der Waals surface area contributed by atoms with Gasteiger partial charge in [0.05, 0.1) is 22.7 Å². The van der Waals surface area contributed by atoms with E-state index in [-0.39, 0.29) is 34.7 Å². The van der Waals surface area contributed by atoms with Crippen LogP contribution in [0.15, 0.2) is 45.9 Å². The SMILES string of the molecule is CN(C)S(=O)(=O)c1ccc(OCC(=O)NCc2ccco2)c(Cl)c1. The fourth-order valence-electron chi connectivity index (χ4n) is 1.76. The Morgan fingerprint density at radius 1 is 1.33 bits per heavy atom. The highest BCUT2D eigenvalue weighted by Crippen LogP contribution is 2.28. The van der Waals surface area contributed by atoms with Crippen LogP contribution in [0, 0.1) is 0 Å². The second kappa shape index (κ2) is 7.69. The Morgan fingerprint density at radius 2 is 2.08 bits per heavy atom. The van der Waals surface area contributed by atoms with E-state index in [4.69, 9.17) is 20.8 Å². The minimum Gasteiger partial charge on any atom is -0.482 e. The van der Waals surface area contributed by atoms with Gasteiger partial charge in [0, 0.05) is 14.1 Å². The topological polar surface area (TPSA) is 88.8 Å². The Bertz CT molecular complexity index is 803. The first-order valence-corrected chi connectivity index (χ1v) is 8.76. The van der Waals surface area contributed by atoms with E-state index in [1.165, 1.54) is 38.6 Å². The maximum absolute atomic E-state index is 12.0. The average molecular weight is 373 g/mol. The molecule has 0 bridgehead atoms. The van der Waals surface area contributed by atoms with Crippen molar-refractivity contribution in [3.63, 3.8) is 0 Å². The van der Waals surface area contributed by atoms with Gasteiger partial charge in [0.15, 0.2) is 6.61 Å². The van der Waals surface area contributed by atoms with Crippen molar-refractivity contribution in [1.82, 2.24) is 9.62 Å². The predicted octanol–water partition coefficient (Wildman–Crippen LogP) is 1.88. The lowest BCUT2D eigenvalue weighted by atomic mass is 10.3. The summed E-state index contributed by atoms with van der Waals surface area (Å²) in [5.74, 6) is 0.495. The van der Waals surface area contributed by atoms with Crippen LogP contribution >= 0.6 is 11.6 Å². The highest BCUT2D eigenvalue weighted by atomic mass is 35.5. The van der Waals surface area contributed by atoms with Gasteiger partial charge in [-0.2, -0.15) is 0 Å². The molecule has 0 aliphatic carbocycles. The minimum atomic E-state index is -3.58. The van der Waals surface area contributed by atoms with Gasteiger partial charge in [-0.1, -0.05) is 11.6 Å². The van der Waals surface area contributed by atoms with Crippen molar-refractivity contribution in [1.29, 1.82) is 0 Å². The van der Waals surface area contributed by atoms with Crippen LogP contribution in [0.5, 0.6) is 5.75 Å². The molecule has 0 radical (unpaired) electrons. The Morgan fingerprint density at radius 3 is 2.67 bits per heavy atom. The third kappa shape index (κ3) is 4.50. The number of hydrogen-bond donors (Lipinski definition) is 1. The molecule has 0 aliphatic rings. The van der Waals surface area contributed by atoms with Crippen LogP contribution in [0.25, 0.3) is 0 Å².